The van der Waals surface area contributed by atoms with Gasteiger partial charge in [0, 0.05) is 11.3 Å². The zero-order chi connectivity index (χ0) is 20.2. The summed E-state index contributed by atoms with van der Waals surface area (Å²) in [7, 11) is 0. The van der Waals surface area contributed by atoms with Gasteiger partial charge in [-0.1, -0.05) is 36.4 Å². The molecule has 4 aromatic rings. The number of hydrogen-bond acceptors (Lipinski definition) is 3. The molecule has 4 rings (SSSR count). The first-order valence-electron chi connectivity index (χ1n) is 9.24. The molecule has 0 bridgehead atoms. The zero-order valence-electron chi connectivity index (χ0n) is 15.9. The first-order chi connectivity index (χ1) is 14.1. The van der Waals surface area contributed by atoms with Gasteiger partial charge in [-0.3, -0.25) is 4.79 Å². The van der Waals surface area contributed by atoms with E-state index in [1.165, 1.54) is 6.07 Å². The Hall–Kier alpha value is -3.73. The van der Waals surface area contributed by atoms with Gasteiger partial charge in [-0.15, -0.1) is 0 Å². The molecule has 4 nitrogen and oxygen atoms in total. The van der Waals surface area contributed by atoms with Crippen molar-refractivity contribution in [2.75, 3.05) is 5.32 Å². The molecule has 0 radical (unpaired) electrons. The van der Waals surface area contributed by atoms with Gasteiger partial charge < -0.3 is 9.73 Å². The molecule has 1 N–H and O–H groups in total. The van der Waals surface area contributed by atoms with E-state index in [-0.39, 0.29) is 18.1 Å². The number of aromatic nitrogens is 1. The number of oxazole rings is 1. The van der Waals surface area contributed by atoms with Crippen LogP contribution >= 0.6 is 0 Å². The molecule has 29 heavy (non-hydrogen) atoms. The average molecular weight is 386 g/mol. The molecule has 3 aromatic carbocycles. The fourth-order valence-corrected chi connectivity index (χ4v) is 3.19. The van der Waals surface area contributed by atoms with Crippen LogP contribution in [-0.2, 0) is 11.2 Å². The molecule has 0 saturated carbocycles. The van der Waals surface area contributed by atoms with Crippen molar-refractivity contribution in [1.29, 1.82) is 0 Å². The van der Waals surface area contributed by atoms with Gasteiger partial charge in [0.15, 0.2) is 0 Å². The molecule has 0 atom stereocenters. The number of halogens is 1. The van der Waals surface area contributed by atoms with Crippen molar-refractivity contribution in [1.82, 2.24) is 4.98 Å². The van der Waals surface area contributed by atoms with Gasteiger partial charge in [-0.25, -0.2) is 9.37 Å². The summed E-state index contributed by atoms with van der Waals surface area (Å²) in [4.78, 5) is 16.4. The highest BCUT2D eigenvalue weighted by Gasteiger charge is 2.10. The van der Waals surface area contributed by atoms with Crippen LogP contribution in [0.3, 0.4) is 0 Å². The van der Waals surface area contributed by atoms with E-state index in [0.717, 1.165) is 22.3 Å². The molecule has 0 saturated heterocycles. The van der Waals surface area contributed by atoms with Crippen molar-refractivity contribution in [3.8, 4) is 22.6 Å². The van der Waals surface area contributed by atoms with Crippen molar-refractivity contribution < 1.29 is 13.6 Å². The minimum absolute atomic E-state index is 0.00821. The predicted molar refractivity (Wildman–Crippen MR) is 111 cm³/mol. The summed E-state index contributed by atoms with van der Waals surface area (Å²) in [6.45, 7) is 2.04. The first-order valence-corrected chi connectivity index (χ1v) is 9.24. The second-order valence-corrected chi connectivity index (χ2v) is 6.76. The number of benzene rings is 3. The molecule has 0 spiro atoms. The maximum atomic E-state index is 13.7. The molecule has 1 aromatic heterocycles. The lowest BCUT2D eigenvalue weighted by Gasteiger charge is -2.10. The van der Waals surface area contributed by atoms with Gasteiger partial charge in [0.05, 0.1) is 12.6 Å². The minimum Gasteiger partial charge on any atom is -0.445 e. The fourth-order valence-electron chi connectivity index (χ4n) is 3.19. The third-order valence-electron chi connectivity index (χ3n) is 4.71. The van der Waals surface area contributed by atoms with Crippen molar-refractivity contribution in [3.63, 3.8) is 0 Å². The molecular weight excluding hydrogens is 367 g/mol. The van der Waals surface area contributed by atoms with E-state index in [2.05, 4.69) is 10.3 Å². The summed E-state index contributed by atoms with van der Waals surface area (Å²) in [6, 6.07) is 19.9. The van der Waals surface area contributed by atoms with E-state index in [1.54, 1.807) is 30.7 Å². The number of nitrogens with zero attached hydrogens (tertiary/aromatic N) is 1. The van der Waals surface area contributed by atoms with E-state index in [9.17, 15) is 9.18 Å². The predicted octanol–water partition coefficient (Wildman–Crippen LogP) is 5.64. The molecule has 0 aliphatic heterocycles. The Kier molecular flexibility index (Phi) is 5.20. The number of anilines is 1. The number of carbonyl (C=O) groups is 1. The highest BCUT2D eigenvalue weighted by molar-refractivity contribution is 5.92. The molecular formula is C24H19FN2O2. The molecule has 0 unspecified atom stereocenters. The van der Waals surface area contributed by atoms with Crippen LogP contribution in [-0.4, -0.2) is 10.9 Å². The summed E-state index contributed by atoms with van der Waals surface area (Å²) < 4.78 is 19.1. The number of aryl methyl sites for hydroxylation is 1. The Morgan fingerprint density at radius 3 is 2.52 bits per heavy atom. The molecule has 0 aliphatic carbocycles. The normalized spacial score (nSPS) is 10.7. The van der Waals surface area contributed by atoms with E-state index < -0.39 is 0 Å². The van der Waals surface area contributed by atoms with Crippen LogP contribution in [0.1, 0.15) is 11.1 Å². The quantitative estimate of drug-likeness (QED) is 0.483. The van der Waals surface area contributed by atoms with Crippen LogP contribution in [0.25, 0.3) is 22.6 Å². The summed E-state index contributed by atoms with van der Waals surface area (Å²) >= 11 is 0. The Bertz CT molecular complexity index is 1140. The smallest absolute Gasteiger partial charge is 0.228 e. The largest absolute Gasteiger partial charge is 0.445 e. The Labute approximate surface area is 168 Å². The first kappa shape index (κ1) is 18.6. The van der Waals surface area contributed by atoms with Gasteiger partial charge in [-0.05, 0) is 59.5 Å². The second-order valence-electron chi connectivity index (χ2n) is 6.76. The molecule has 1 heterocycles. The van der Waals surface area contributed by atoms with Crippen LogP contribution in [0.5, 0.6) is 0 Å². The molecule has 1 amide bonds. The van der Waals surface area contributed by atoms with E-state index in [0.29, 0.717) is 17.1 Å². The molecule has 5 heteroatoms. The fraction of sp³-hybridized carbons (Fsp3) is 0.0833. The lowest BCUT2D eigenvalue weighted by Crippen LogP contribution is -2.15. The second kappa shape index (κ2) is 8.10. The van der Waals surface area contributed by atoms with E-state index in [1.807, 2.05) is 49.4 Å². The highest BCUT2D eigenvalue weighted by atomic mass is 19.1. The van der Waals surface area contributed by atoms with Crippen LogP contribution in [0, 0.1) is 12.7 Å². The van der Waals surface area contributed by atoms with Crippen LogP contribution in [0.4, 0.5) is 10.1 Å². The third kappa shape index (κ3) is 4.24. The highest BCUT2D eigenvalue weighted by Crippen LogP contribution is 2.29. The van der Waals surface area contributed by atoms with Gasteiger partial charge in [0.1, 0.15) is 12.1 Å². The van der Waals surface area contributed by atoms with Gasteiger partial charge in [-0.2, -0.15) is 0 Å². The van der Waals surface area contributed by atoms with Crippen LogP contribution < -0.4 is 5.32 Å². The number of nitrogens with one attached hydrogen (secondary N) is 1. The van der Waals surface area contributed by atoms with E-state index >= 15 is 0 Å². The maximum Gasteiger partial charge on any atom is 0.228 e. The van der Waals surface area contributed by atoms with Crippen LogP contribution in [0.15, 0.2) is 83.6 Å². The van der Waals surface area contributed by atoms with Crippen molar-refractivity contribution in [3.05, 3.63) is 96.1 Å². The Balaban J connectivity index is 1.50. The topological polar surface area (TPSA) is 55.1 Å². The van der Waals surface area contributed by atoms with Gasteiger partial charge in [0.25, 0.3) is 0 Å². The van der Waals surface area contributed by atoms with Crippen molar-refractivity contribution in [2.24, 2.45) is 0 Å². The van der Waals surface area contributed by atoms with Gasteiger partial charge in [0.2, 0.25) is 11.8 Å². The SMILES string of the molecule is Cc1ccc(-c2ncco2)cc1-c1ccc(NC(=O)Cc2ccccc2F)cc1. The monoisotopic (exact) mass is 386 g/mol. The number of amides is 1. The number of hydrogen-bond donors (Lipinski definition) is 1. The molecule has 0 aliphatic rings. The van der Waals surface area contributed by atoms with Crippen molar-refractivity contribution >= 4 is 11.6 Å². The number of carbonyl (C=O) groups excluding carboxylic acids is 1. The summed E-state index contributed by atoms with van der Waals surface area (Å²) in [5.74, 6) is -0.0624. The lowest BCUT2D eigenvalue weighted by molar-refractivity contribution is -0.115. The van der Waals surface area contributed by atoms with Crippen molar-refractivity contribution in [2.45, 2.75) is 13.3 Å². The maximum absolute atomic E-state index is 13.7. The lowest BCUT2D eigenvalue weighted by atomic mass is 9.98. The molecule has 0 fully saturated rings. The third-order valence-corrected chi connectivity index (χ3v) is 4.71. The average Bonchev–Trinajstić information content (AvgIpc) is 3.26. The van der Waals surface area contributed by atoms with E-state index in [4.69, 9.17) is 4.42 Å². The van der Waals surface area contributed by atoms with Gasteiger partial charge >= 0.3 is 0 Å². The Morgan fingerprint density at radius 2 is 1.79 bits per heavy atom. The standard InChI is InChI=1S/C24H19FN2O2/c1-16-6-7-19(24-26-12-13-29-24)14-21(16)17-8-10-20(11-9-17)27-23(28)15-18-4-2-3-5-22(18)25/h2-14H,15H2,1H3,(H,27,28). The minimum atomic E-state index is -0.376. The summed E-state index contributed by atoms with van der Waals surface area (Å²) in [5.41, 5.74) is 5.14. The van der Waals surface area contributed by atoms with Crippen LogP contribution in [0.2, 0.25) is 0 Å². The Morgan fingerprint density at radius 1 is 1.03 bits per heavy atom. The number of rotatable bonds is 5. The summed E-state index contributed by atoms with van der Waals surface area (Å²) in [6.07, 6.45) is 3.16. The zero-order valence-corrected chi connectivity index (χ0v) is 15.9. The molecule has 144 valence electrons. The summed E-state index contributed by atoms with van der Waals surface area (Å²) in [5, 5.41) is 2.81.